The van der Waals surface area contributed by atoms with E-state index in [4.69, 9.17) is 4.74 Å². The van der Waals surface area contributed by atoms with Gasteiger partial charge in [0.15, 0.2) is 10.8 Å². The molecular formula is C9H14N2O2S. The number of nitrogens with zero attached hydrogens (tertiary/aromatic N) is 1. The zero-order chi connectivity index (χ0) is 10.6. The van der Waals surface area contributed by atoms with E-state index in [1.165, 1.54) is 11.3 Å². The number of nitrogens with one attached hydrogen (secondary N) is 1. The monoisotopic (exact) mass is 214 g/mol. The average molecular weight is 214 g/mol. The molecule has 1 rings (SSSR count). The summed E-state index contributed by atoms with van der Waals surface area (Å²) in [5.74, 6) is -0.361. The second-order valence-corrected chi connectivity index (χ2v) is 3.92. The van der Waals surface area contributed by atoms with Gasteiger partial charge in [-0.05, 0) is 20.8 Å². The van der Waals surface area contributed by atoms with E-state index in [2.05, 4.69) is 10.3 Å². The minimum absolute atomic E-state index is 0.316. The van der Waals surface area contributed by atoms with E-state index in [0.717, 1.165) is 5.13 Å². The Labute approximate surface area is 87.3 Å². The van der Waals surface area contributed by atoms with Crippen molar-refractivity contribution in [3.8, 4) is 0 Å². The Kier molecular flexibility index (Phi) is 3.88. The van der Waals surface area contributed by atoms with Crippen molar-refractivity contribution in [1.82, 2.24) is 4.98 Å². The van der Waals surface area contributed by atoms with E-state index < -0.39 is 0 Å². The Hall–Kier alpha value is -1.10. The first-order valence-corrected chi connectivity index (χ1v) is 5.40. The number of thiazole rings is 1. The third-order valence-corrected chi connectivity index (χ3v) is 2.17. The van der Waals surface area contributed by atoms with Gasteiger partial charge in [0.1, 0.15) is 0 Å². The normalized spacial score (nSPS) is 10.3. The van der Waals surface area contributed by atoms with Crippen molar-refractivity contribution in [2.45, 2.75) is 26.8 Å². The summed E-state index contributed by atoms with van der Waals surface area (Å²) in [4.78, 5) is 15.3. The number of carbonyl (C=O) groups excluding carboxylic acids is 1. The number of hydrogen-bond acceptors (Lipinski definition) is 5. The van der Waals surface area contributed by atoms with Crippen LogP contribution in [0.25, 0.3) is 0 Å². The topological polar surface area (TPSA) is 51.2 Å². The quantitative estimate of drug-likeness (QED) is 0.780. The second kappa shape index (κ2) is 4.95. The molecule has 0 bridgehead atoms. The van der Waals surface area contributed by atoms with Crippen LogP contribution in [0.3, 0.4) is 0 Å². The summed E-state index contributed by atoms with van der Waals surface area (Å²) < 4.78 is 4.82. The molecule has 0 fully saturated rings. The number of anilines is 1. The molecule has 5 heteroatoms. The molecule has 0 aliphatic heterocycles. The summed E-state index contributed by atoms with van der Waals surface area (Å²) >= 11 is 1.41. The predicted octanol–water partition coefficient (Wildman–Crippen LogP) is 2.14. The number of rotatable bonds is 4. The molecule has 1 aromatic rings. The van der Waals surface area contributed by atoms with Gasteiger partial charge in [-0.3, -0.25) is 0 Å². The fourth-order valence-electron chi connectivity index (χ4n) is 0.886. The number of aromatic nitrogens is 1. The van der Waals surface area contributed by atoms with Crippen LogP contribution in [0.15, 0.2) is 5.38 Å². The van der Waals surface area contributed by atoms with Gasteiger partial charge in [0.25, 0.3) is 0 Å². The van der Waals surface area contributed by atoms with Gasteiger partial charge in [-0.25, -0.2) is 9.78 Å². The Balaban J connectivity index is 2.63. The molecule has 0 unspecified atom stereocenters. The van der Waals surface area contributed by atoms with Crippen molar-refractivity contribution >= 4 is 22.4 Å². The predicted molar refractivity (Wildman–Crippen MR) is 56.8 cm³/mol. The number of esters is 1. The van der Waals surface area contributed by atoms with Gasteiger partial charge in [0, 0.05) is 11.4 Å². The van der Waals surface area contributed by atoms with Crippen molar-refractivity contribution in [2.75, 3.05) is 11.9 Å². The van der Waals surface area contributed by atoms with Gasteiger partial charge in [-0.2, -0.15) is 0 Å². The molecular weight excluding hydrogens is 200 g/mol. The lowest BCUT2D eigenvalue weighted by molar-refractivity contribution is 0.0520. The van der Waals surface area contributed by atoms with E-state index in [0.29, 0.717) is 18.3 Å². The molecule has 1 N–H and O–H groups in total. The standard InChI is InChI=1S/C9H14N2O2S/c1-4-13-8(12)7-5-14-9(11-7)10-6(2)3/h5-6H,4H2,1-3H3,(H,10,11). The van der Waals surface area contributed by atoms with Crippen LogP contribution in [-0.2, 0) is 4.74 Å². The van der Waals surface area contributed by atoms with Crippen LogP contribution in [0.5, 0.6) is 0 Å². The van der Waals surface area contributed by atoms with Crippen LogP contribution in [0.1, 0.15) is 31.3 Å². The zero-order valence-electron chi connectivity index (χ0n) is 8.53. The summed E-state index contributed by atoms with van der Waals surface area (Å²) in [7, 11) is 0. The van der Waals surface area contributed by atoms with Crippen molar-refractivity contribution < 1.29 is 9.53 Å². The molecule has 0 aromatic carbocycles. The van der Waals surface area contributed by atoms with Gasteiger partial charge in [-0.15, -0.1) is 11.3 Å². The summed E-state index contributed by atoms with van der Waals surface area (Å²) in [6, 6.07) is 0.316. The van der Waals surface area contributed by atoms with Gasteiger partial charge in [-0.1, -0.05) is 0 Å². The Morgan fingerprint density at radius 3 is 3.00 bits per heavy atom. The van der Waals surface area contributed by atoms with Crippen LogP contribution in [0, 0.1) is 0 Å². The molecule has 1 aromatic heterocycles. The minimum atomic E-state index is -0.361. The first kappa shape index (κ1) is 11.0. The highest BCUT2D eigenvalue weighted by molar-refractivity contribution is 7.13. The van der Waals surface area contributed by atoms with Crippen LogP contribution in [-0.4, -0.2) is 23.6 Å². The number of hydrogen-bond donors (Lipinski definition) is 1. The van der Waals surface area contributed by atoms with E-state index in [9.17, 15) is 4.79 Å². The third-order valence-electron chi connectivity index (χ3n) is 1.40. The molecule has 0 aliphatic carbocycles. The van der Waals surface area contributed by atoms with Crippen molar-refractivity contribution in [3.05, 3.63) is 11.1 Å². The number of ether oxygens (including phenoxy) is 1. The van der Waals surface area contributed by atoms with Gasteiger partial charge in [0.05, 0.1) is 6.61 Å². The Bertz CT molecular complexity index is 310. The SMILES string of the molecule is CCOC(=O)c1csc(NC(C)C)n1. The first-order valence-electron chi connectivity index (χ1n) is 4.52. The van der Waals surface area contributed by atoms with Gasteiger partial charge >= 0.3 is 5.97 Å². The molecule has 78 valence electrons. The average Bonchev–Trinajstić information content (AvgIpc) is 2.52. The first-order chi connectivity index (χ1) is 6.63. The molecule has 0 aliphatic rings. The molecule has 14 heavy (non-hydrogen) atoms. The molecule has 0 radical (unpaired) electrons. The van der Waals surface area contributed by atoms with Crippen LogP contribution in [0.4, 0.5) is 5.13 Å². The Morgan fingerprint density at radius 1 is 1.71 bits per heavy atom. The maximum atomic E-state index is 11.2. The minimum Gasteiger partial charge on any atom is -0.461 e. The summed E-state index contributed by atoms with van der Waals surface area (Å²) in [6.45, 7) is 6.19. The zero-order valence-corrected chi connectivity index (χ0v) is 9.35. The fourth-order valence-corrected chi connectivity index (χ4v) is 1.71. The lowest BCUT2D eigenvalue weighted by atomic mass is 10.4. The summed E-state index contributed by atoms with van der Waals surface area (Å²) in [5, 5.41) is 5.57. The molecule has 0 saturated heterocycles. The van der Waals surface area contributed by atoms with E-state index in [1.54, 1.807) is 12.3 Å². The highest BCUT2D eigenvalue weighted by Crippen LogP contribution is 2.16. The highest BCUT2D eigenvalue weighted by atomic mass is 32.1. The molecule has 1 heterocycles. The number of carbonyl (C=O) groups is 1. The maximum Gasteiger partial charge on any atom is 0.357 e. The lowest BCUT2D eigenvalue weighted by Crippen LogP contribution is -2.10. The maximum absolute atomic E-state index is 11.2. The summed E-state index contributed by atoms with van der Waals surface area (Å²) in [6.07, 6.45) is 0. The molecule has 0 atom stereocenters. The smallest absolute Gasteiger partial charge is 0.357 e. The van der Waals surface area contributed by atoms with Crippen LogP contribution in [0.2, 0.25) is 0 Å². The van der Waals surface area contributed by atoms with Gasteiger partial charge < -0.3 is 10.1 Å². The van der Waals surface area contributed by atoms with Crippen molar-refractivity contribution in [3.63, 3.8) is 0 Å². The second-order valence-electron chi connectivity index (χ2n) is 3.06. The van der Waals surface area contributed by atoms with Crippen LogP contribution < -0.4 is 5.32 Å². The highest BCUT2D eigenvalue weighted by Gasteiger charge is 2.11. The van der Waals surface area contributed by atoms with E-state index in [1.807, 2.05) is 13.8 Å². The molecule has 4 nitrogen and oxygen atoms in total. The van der Waals surface area contributed by atoms with E-state index >= 15 is 0 Å². The van der Waals surface area contributed by atoms with E-state index in [-0.39, 0.29) is 5.97 Å². The third kappa shape index (κ3) is 2.99. The molecule has 0 saturated carbocycles. The van der Waals surface area contributed by atoms with Crippen LogP contribution >= 0.6 is 11.3 Å². The largest absolute Gasteiger partial charge is 0.461 e. The van der Waals surface area contributed by atoms with Crippen molar-refractivity contribution in [2.24, 2.45) is 0 Å². The van der Waals surface area contributed by atoms with Gasteiger partial charge in [0.2, 0.25) is 0 Å². The Morgan fingerprint density at radius 2 is 2.43 bits per heavy atom. The fraction of sp³-hybridized carbons (Fsp3) is 0.556. The lowest BCUT2D eigenvalue weighted by Gasteiger charge is -2.04. The molecule has 0 spiro atoms. The molecule has 0 amide bonds. The van der Waals surface area contributed by atoms with Crippen molar-refractivity contribution in [1.29, 1.82) is 0 Å². The summed E-state index contributed by atoms with van der Waals surface area (Å²) in [5.41, 5.74) is 0.375.